The summed E-state index contributed by atoms with van der Waals surface area (Å²) in [6.45, 7) is 0. The molecule has 0 saturated heterocycles. The summed E-state index contributed by atoms with van der Waals surface area (Å²) >= 11 is 0. The van der Waals surface area contributed by atoms with Gasteiger partial charge in [-0.2, -0.15) is 0 Å². The van der Waals surface area contributed by atoms with Crippen LogP contribution in [0.3, 0.4) is 0 Å². The summed E-state index contributed by atoms with van der Waals surface area (Å²) in [5, 5.41) is 2.54. The maximum absolute atomic E-state index is 5.17. The van der Waals surface area contributed by atoms with Crippen LogP contribution in [0.15, 0.2) is 218 Å². The predicted molar refractivity (Wildman–Crippen MR) is 231 cm³/mol. The Balaban J connectivity index is 1.04. The molecule has 0 bridgehead atoms. The van der Waals surface area contributed by atoms with E-state index in [-0.39, 0.29) is 0 Å². The van der Waals surface area contributed by atoms with E-state index >= 15 is 0 Å². The Kier molecular flexibility index (Phi) is 8.20. The van der Waals surface area contributed by atoms with Gasteiger partial charge in [0.1, 0.15) is 0 Å². The summed E-state index contributed by atoms with van der Waals surface area (Å²) in [6.07, 6.45) is 0. The molecule has 2 heteroatoms. The van der Waals surface area contributed by atoms with Gasteiger partial charge >= 0.3 is 0 Å². The van der Waals surface area contributed by atoms with Crippen LogP contribution < -0.4 is 0 Å². The third-order valence-corrected chi connectivity index (χ3v) is 10.6. The van der Waals surface area contributed by atoms with Crippen molar-refractivity contribution in [3.8, 4) is 72.7 Å². The molecule has 0 saturated carbocycles. The Morgan fingerprint density at radius 2 is 0.582 bits per heavy atom. The van der Waals surface area contributed by atoms with E-state index in [0.717, 1.165) is 39.3 Å². The lowest BCUT2D eigenvalue weighted by Gasteiger charge is -2.14. The highest BCUT2D eigenvalue weighted by molar-refractivity contribution is 6.09. The van der Waals surface area contributed by atoms with Gasteiger partial charge in [0.15, 0.2) is 0 Å². The number of fused-ring (bicyclic) bond motifs is 3. The molecule has 10 aromatic rings. The molecule has 0 spiro atoms. The minimum Gasteiger partial charge on any atom is -0.309 e. The van der Waals surface area contributed by atoms with Crippen LogP contribution in [0, 0.1) is 0 Å². The van der Waals surface area contributed by atoms with Crippen LogP contribution in [0.2, 0.25) is 0 Å². The highest BCUT2D eigenvalue weighted by Crippen LogP contribution is 2.37. The fourth-order valence-corrected chi connectivity index (χ4v) is 7.83. The van der Waals surface area contributed by atoms with Crippen LogP contribution in [-0.4, -0.2) is 9.55 Å². The number of hydrogen-bond donors (Lipinski definition) is 0. The van der Waals surface area contributed by atoms with Gasteiger partial charge in [-0.15, -0.1) is 0 Å². The first kappa shape index (κ1) is 32.4. The van der Waals surface area contributed by atoms with Crippen molar-refractivity contribution in [1.29, 1.82) is 0 Å². The van der Waals surface area contributed by atoms with E-state index < -0.39 is 0 Å². The summed E-state index contributed by atoms with van der Waals surface area (Å²) in [6, 6.07) is 78.2. The number of hydrogen-bond acceptors (Lipinski definition) is 1. The third-order valence-electron chi connectivity index (χ3n) is 10.6. The van der Waals surface area contributed by atoms with Crippen LogP contribution in [-0.2, 0) is 0 Å². The standard InChI is InChI=1S/C53H36N2/c1-4-14-37(15-5-1)43-32-44(34-45(33-43)40-28-30-47(31-29-40)55-52-22-12-10-20-48(52)49-21-11-13-23-53(49)55)39-24-26-42(27-25-39)51-36-46(38-16-6-2-7-17-38)35-50(54-51)41-18-8-3-9-19-41/h1-36H. The van der Waals surface area contributed by atoms with Crippen molar-refractivity contribution in [3.05, 3.63) is 218 Å². The quantitative estimate of drug-likeness (QED) is 0.162. The zero-order valence-corrected chi connectivity index (χ0v) is 30.2. The van der Waals surface area contributed by atoms with E-state index in [2.05, 4.69) is 217 Å². The molecule has 2 nitrogen and oxygen atoms in total. The third kappa shape index (κ3) is 6.20. The first-order valence-electron chi connectivity index (χ1n) is 18.8. The van der Waals surface area contributed by atoms with Crippen LogP contribution in [0.25, 0.3) is 94.5 Å². The molecule has 0 aliphatic heterocycles. The molecule has 10 rings (SSSR count). The zero-order chi connectivity index (χ0) is 36.6. The maximum Gasteiger partial charge on any atom is 0.0715 e. The molecular formula is C53H36N2. The molecule has 0 radical (unpaired) electrons. The average molecular weight is 701 g/mol. The molecule has 0 unspecified atom stereocenters. The van der Waals surface area contributed by atoms with E-state index in [1.807, 2.05) is 6.07 Å². The van der Waals surface area contributed by atoms with Crippen molar-refractivity contribution in [1.82, 2.24) is 9.55 Å². The highest BCUT2D eigenvalue weighted by Gasteiger charge is 2.14. The molecular weight excluding hydrogens is 665 g/mol. The topological polar surface area (TPSA) is 17.8 Å². The van der Waals surface area contributed by atoms with Crippen LogP contribution in [0.5, 0.6) is 0 Å². The van der Waals surface area contributed by atoms with Crippen molar-refractivity contribution in [3.63, 3.8) is 0 Å². The second-order valence-corrected chi connectivity index (χ2v) is 14.0. The van der Waals surface area contributed by atoms with Crippen molar-refractivity contribution < 1.29 is 0 Å². The molecule has 55 heavy (non-hydrogen) atoms. The van der Waals surface area contributed by atoms with Crippen molar-refractivity contribution in [2.45, 2.75) is 0 Å². The Morgan fingerprint density at radius 1 is 0.255 bits per heavy atom. The number of pyridine rings is 1. The first-order chi connectivity index (χ1) is 27.2. The fraction of sp³-hybridized carbons (Fsp3) is 0. The van der Waals surface area contributed by atoms with Gasteiger partial charge in [0, 0.05) is 27.6 Å². The van der Waals surface area contributed by atoms with E-state index in [1.165, 1.54) is 55.2 Å². The molecule has 0 amide bonds. The largest absolute Gasteiger partial charge is 0.309 e. The summed E-state index contributed by atoms with van der Waals surface area (Å²) in [4.78, 5) is 5.17. The van der Waals surface area contributed by atoms with Gasteiger partial charge in [-0.3, -0.25) is 0 Å². The molecule has 2 aromatic heterocycles. The Morgan fingerprint density at radius 3 is 1.05 bits per heavy atom. The van der Waals surface area contributed by atoms with Crippen LogP contribution in [0.1, 0.15) is 0 Å². The predicted octanol–water partition coefficient (Wildman–Crippen LogP) is 14.2. The average Bonchev–Trinajstić information content (AvgIpc) is 3.61. The van der Waals surface area contributed by atoms with Gasteiger partial charge < -0.3 is 4.57 Å². The molecule has 0 aliphatic rings. The van der Waals surface area contributed by atoms with Gasteiger partial charge in [-0.05, 0) is 99.1 Å². The highest BCUT2D eigenvalue weighted by atomic mass is 15.0. The smallest absolute Gasteiger partial charge is 0.0715 e. The van der Waals surface area contributed by atoms with Gasteiger partial charge in [0.25, 0.3) is 0 Å². The van der Waals surface area contributed by atoms with E-state index in [0.29, 0.717) is 0 Å². The zero-order valence-electron chi connectivity index (χ0n) is 30.2. The minimum absolute atomic E-state index is 0.953. The van der Waals surface area contributed by atoms with Gasteiger partial charge in [0.2, 0.25) is 0 Å². The SMILES string of the molecule is c1ccc(-c2cc(-c3ccc(-c4cc(-c5ccccc5)cc(-c5ccccc5)n4)cc3)cc(-c3ccc(-n4c5ccccc5c5ccccc54)cc3)c2)cc1. The number of aromatic nitrogens is 2. The monoisotopic (exact) mass is 700 g/mol. The number of benzene rings is 8. The van der Waals surface area contributed by atoms with Gasteiger partial charge in [-0.25, -0.2) is 4.98 Å². The Hall–Kier alpha value is -7.29. The summed E-state index contributed by atoms with van der Waals surface area (Å²) in [7, 11) is 0. The Bertz CT molecular complexity index is 2810. The number of nitrogens with zero attached hydrogens (tertiary/aromatic N) is 2. The van der Waals surface area contributed by atoms with Crippen LogP contribution >= 0.6 is 0 Å². The summed E-state index contributed by atoms with van der Waals surface area (Å²) in [5.74, 6) is 0. The molecule has 0 aliphatic carbocycles. The number of para-hydroxylation sites is 2. The minimum atomic E-state index is 0.953. The van der Waals surface area contributed by atoms with E-state index in [1.54, 1.807) is 0 Å². The second kappa shape index (κ2) is 13.9. The van der Waals surface area contributed by atoms with Crippen molar-refractivity contribution in [2.75, 3.05) is 0 Å². The lowest BCUT2D eigenvalue weighted by Crippen LogP contribution is -1.93. The first-order valence-corrected chi connectivity index (χ1v) is 18.8. The van der Waals surface area contributed by atoms with Crippen molar-refractivity contribution >= 4 is 21.8 Å². The molecule has 8 aromatic carbocycles. The lowest BCUT2D eigenvalue weighted by molar-refractivity contribution is 1.18. The van der Waals surface area contributed by atoms with E-state index in [9.17, 15) is 0 Å². The fourth-order valence-electron chi connectivity index (χ4n) is 7.83. The molecule has 0 N–H and O–H groups in total. The molecule has 258 valence electrons. The molecule has 0 fully saturated rings. The summed E-state index contributed by atoms with van der Waals surface area (Å²) in [5.41, 5.74) is 17.1. The molecule has 2 heterocycles. The van der Waals surface area contributed by atoms with E-state index in [4.69, 9.17) is 4.98 Å². The summed E-state index contributed by atoms with van der Waals surface area (Å²) < 4.78 is 2.37. The normalized spacial score (nSPS) is 11.3. The van der Waals surface area contributed by atoms with Crippen molar-refractivity contribution in [2.24, 2.45) is 0 Å². The second-order valence-electron chi connectivity index (χ2n) is 14.0. The van der Waals surface area contributed by atoms with Gasteiger partial charge in [-0.1, -0.05) is 164 Å². The maximum atomic E-state index is 5.17. The lowest BCUT2D eigenvalue weighted by atomic mass is 9.92. The number of rotatable bonds is 7. The van der Waals surface area contributed by atoms with Gasteiger partial charge in [0.05, 0.1) is 22.4 Å². The Labute approximate surface area is 321 Å². The molecule has 0 atom stereocenters. The van der Waals surface area contributed by atoms with Crippen LogP contribution in [0.4, 0.5) is 0 Å².